The van der Waals surface area contributed by atoms with Crippen LogP contribution in [0.5, 0.6) is 0 Å². The summed E-state index contributed by atoms with van der Waals surface area (Å²) in [4.78, 5) is 16.1. The predicted molar refractivity (Wildman–Crippen MR) is 88.3 cm³/mol. The van der Waals surface area contributed by atoms with Crippen LogP contribution in [0.15, 0.2) is 30.5 Å². The van der Waals surface area contributed by atoms with E-state index in [0.717, 1.165) is 26.2 Å². The topological polar surface area (TPSA) is 30.9 Å². The Kier molecular flexibility index (Phi) is 2.43. The molecule has 4 bridgehead atoms. The number of nitrogens with one attached hydrogen (secondary N) is 2. The van der Waals surface area contributed by atoms with Gasteiger partial charge < -0.3 is 4.57 Å². The number of hydrogen-bond acceptors (Lipinski definition) is 1. The van der Waals surface area contributed by atoms with Crippen molar-refractivity contribution in [3.05, 3.63) is 36.0 Å². The van der Waals surface area contributed by atoms with Crippen LogP contribution in [0.1, 0.15) is 25.6 Å². The average Bonchev–Trinajstić information content (AvgIpc) is 2.81. The Morgan fingerprint density at radius 3 is 2.22 bits per heavy atom. The predicted octanol–water partition coefficient (Wildman–Crippen LogP) is -0.431. The number of hydrogen-bond donors (Lipinski definition) is 2. The van der Waals surface area contributed by atoms with Crippen LogP contribution in [-0.2, 0) is 11.8 Å². The number of carbonyl (C=O) groups is 1. The molecule has 0 amide bonds. The number of ketones is 1. The van der Waals surface area contributed by atoms with Gasteiger partial charge in [-0.05, 0) is 19.9 Å². The van der Waals surface area contributed by atoms with E-state index < -0.39 is 0 Å². The number of piperidine rings is 2. The van der Waals surface area contributed by atoms with Crippen molar-refractivity contribution in [3.63, 3.8) is 0 Å². The van der Waals surface area contributed by atoms with Crippen molar-refractivity contribution in [1.29, 1.82) is 0 Å². The van der Waals surface area contributed by atoms with E-state index in [2.05, 4.69) is 55.9 Å². The van der Waals surface area contributed by atoms with Gasteiger partial charge in [0.1, 0.15) is 10.8 Å². The van der Waals surface area contributed by atoms with Crippen LogP contribution >= 0.6 is 0 Å². The second-order valence-electron chi connectivity index (χ2n) is 8.62. The van der Waals surface area contributed by atoms with E-state index in [4.69, 9.17) is 0 Å². The molecule has 1 aromatic heterocycles. The van der Waals surface area contributed by atoms with Crippen LogP contribution in [0, 0.1) is 10.8 Å². The van der Waals surface area contributed by atoms with E-state index in [9.17, 15) is 4.79 Å². The minimum atomic E-state index is -0.114. The molecule has 4 fully saturated rings. The Balaban J connectivity index is 1.65. The SMILES string of the molecule is Cn1cc(C2[NH+]3CC4(C)C[NH+]2CC(C)(C3)C4=O)c2ccccc21. The molecule has 0 spiro atoms. The molecule has 0 saturated carbocycles. The molecule has 6 rings (SSSR count). The average molecular weight is 311 g/mol. The number of nitrogens with zero attached hydrogens (tertiary/aromatic N) is 1. The molecule has 120 valence electrons. The largest absolute Gasteiger partial charge is 0.350 e. The fourth-order valence-corrected chi connectivity index (χ4v) is 6.04. The molecule has 0 atom stereocenters. The van der Waals surface area contributed by atoms with E-state index in [1.165, 1.54) is 16.5 Å². The third-order valence-electron chi connectivity index (χ3n) is 6.62. The van der Waals surface area contributed by atoms with Gasteiger partial charge in [0, 0.05) is 24.1 Å². The standard InChI is InChI=1S/C19H23N3O/c1-18-9-21-11-19(2,17(18)23)12-22(10-18)16(21)14-8-20(3)15-7-5-4-6-13(14)15/h4-8,16H,9-12H2,1-3H3/p+2. The lowest BCUT2D eigenvalue weighted by Crippen LogP contribution is -3.41. The fourth-order valence-electron chi connectivity index (χ4n) is 6.04. The van der Waals surface area contributed by atoms with Crippen molar-refractivity contribution in [2.75, 3.05) is 26.2 Å². The first kappa shape index (κ1) is 13.8. The van der Waals surface area contributed by atoms with E-state index >= 15 is 0 Å². The minimum Gasteiger partial charge on any atom is -0.350 e. The third-order valence-corrected chi connectivity index (χ3v) is 6.62. The van der Waals surface area contributed by atoms with Gasteiger partial charge in [-0.15, -0.1) is 0 Å². The maximum atomic E-state index is 12.8. The molecular weight excluding hydrogens is 286 g/mol. The molecule has 1 aromatic carbocycles. The third kappa shape index (κ3) is 1.60. The summed E-state index contributed by atoms with van der Waals surface area (Å²) in [6, 6.07) is 8.72. The van der Waals surface area contributed by atoms with Crippen LogP contribution in [0.4, 0.5) is 0 Å². The number of benzene rings is 1. The Morgan fingerprint density at radius 2 is 1.61 bits per heavy atom. The fraction of sp³-hybridized carbons (Fsp3) is 0.526. The molecule has 0 radical (unpaired) electrons. The number of quaternary nitrogens is 2. The zero-order valence-corrected chi connectivity index (χ0v) is 14.1. The highest BCUT2D eigenvalue weighted by Crippen LogP contribution is 2.37. The lowest BCUT2D eigenvalue weighted by molar-refractivity contribution is -1.18. The van der Waals surface area contributed by atoms with Crippen molar-refractivity contribution in [2.24, 2.45) is 17.9 Å². The molecule has 23 heavy (non-hydrogen) atoms. The Hall–Kier alpha value is -1.65. The Labute approximate surface area is 136 Å². The number of carbonyl (C=O) groups excluding carboxylic acids is 1. The second-order valence-corrected chi connectivity index (χ2v) is 8.62. The summed E-state index contributed by atoms with van der Waals surface area (Å²) < 4.78 is 2.26. The number of para-hydroxylation sites is 1. The lowest BCUT2D eigenvalue weighted by atomic mass is 9.62. The number of Topliss-reactive ketones (excluding diaryl/α,β-unsaturated/α-hetero) is 1. The molecule has 4 heteroatoms. The van der Waals surface area contributed by atoms with Crippen molar-refractivity contribution >= 4 is 16.7 Å². The summed E-state index contributed by atoms with van der Waals surface area (Å²) in [6.07, 6.45) is 2.81. The molecule has 4 aliphatic rings. The van der Waals surface area contributed by atoms with Gasteiger partial charge in [-0.3, -0.25) is 14.6 Å². The van der Waals surface area contributed by atoms with E-state index in [0.29, 0.717) is 11.9 Å². The zero-order chi connectivity index (χ0) is 16.0. The van der Waals surface area contributed by atoms with Crippen molar-refractivity contribution < 1.29 is 14.6 Å². The first-order valence-electron chi connectivity index (χ1n) is 8.69. The van der Waals surface area contributed by atoms with E-state index in [1.807, 2.05) is 0 Å². The summed E-state index contributed by atoms with van der Waals surface area (Å²) in [5.41, 5.74) is 2.55. The zero-order valence-electron chi connectivity index (χ0n) is 14.1. The summed E-state index contributed by atoms with van der Waals surface area (Å²) >= 11 is 0. The summed E-state index contributed by atoms with van der Waals surface area (Å²) in [6.45, 7) is 8.39. The molecule has 4 aliphatic heterocycles. The van der Waals surface area contributed by atoms with Crippen LogP contribution in [0.2, 0.25) is 0 Å². The van der Waals surface area contributed by atoms with E-state index in [1.54, 1.807) is 9.80 Å². The number of rotatable bonds is 1. The highest BCUT2D eigenvalue weighted by molar-refractivity contribution is 5.91. The molecule has 4 nitrogen and oxygen atoms in total. The highest BCUT2D eigenvalue weighted by atomic mass is 16.1. The van der Waals surface area contributed by atoms with Gasteiger partial charge in [-0.1, -0.05) is 18.2 Å². The van der Waals surface area contributed by atoms with Crippen molar-refractivity contribution in [1.82, 2.24) is 4.57 Å². The smallest absolute Gasteiger partial charge is 0.242 e. The molecule has 4 saturated heterocycles. The number of fused-ring (bicyclic) bond motifs is 1. The van der Waals surface area contributed by atoms with Gasteiger partial charge in [0.25, 0.3) is 0 Å². The molecule has 0 aliphatic carbocycles. The van der Waals surface area contributed by atoms with Crippen LogP contribution < -0.4 is 9.80 Å². The summed E-state index contributed by atoms with van der Waals surface area (Å²) in [5, 5.41) is 1.38. The Bertz CT molecular complexity index is 796. The van der Waals surface area contributed by atoms with Gasteiger partial charge in [0.2, 0.25) is 6.17 Å². The monoisotopic (exact) mass is 311 g/mol. The quantitative estimate of drug-likeness (QED) is 0.736. The maximum absolute atomic E-state index is 12.8. The van der Waals surface area contributed by atoms with Gasteiger partial charge in [-0.2, -0.15) is 0 Å². The second kappa shape index (κ2) is 4.05. The first-order chi connectivity index (χ1) is 10.9. The normalized spacial score (nSPS) is 41.9. The molecule has 2 aromatic rings. The summed E-state index contributed by atoms with van der Waals surface area (Å²) in [5.74, 6) is 0.522. The van der Waals surface area contributed by atoms with Gasteiger partial charge in [0.05, 0.1) is 31.7 Å². The van der Waals surface area contributed by atoms with Gasteiger partial charge in [0.15, 0.2) is 5.78 Å². The van der Waals surface area contributed by atoms with Crippen molar-refractivity contribution in [2.45, 2.75) is 20.0 Å². The van der Waals surface area contributed by atoms with Crippen LogP contribution in [0.25, 0.3) is 10.9 Å². The maximum Gasteiger partial charge on any atom is 0.242 e. The number of aromatic nitrogens is 1. The van der Waals surface area contributed by atoms with Gasteiger partial charge >= 0.3 is 0 Å². The molecular formula is C19H25N3O+2. The van der Waals surface area contributed by atoms with Gasteiger partial charge in [-0.25, -0.2) is 0 Å². The van der Waals surface area contributed by atoms with E-state index in [-0.39, 0.29) is 10.8 Å². The van der Waals surface area contributed by atoms with Crippen LogP contribution in [-0.4, -0.2) is 36.5 Å². The summed E-state index contributed by atoms with van der Waals surface area (Å²) in [7, 11) is 2.14. The first-order valence-corrected chi connectivity index (χ1v) is 8.69. The number of aryl methyl sites for hydroxylation is 1. The van der Waals surface area contributed by atoms with Crippen LogP contribution in [0.3, 0.4) is 0 Å². The molecule has 5 heterocycles. The lowest BCUT2D eigenvalue weighted by Gasteiger charge is -2.58. The molecule has 0 unspecified atom stereocenters. The van der Waals surface area contributed by atoms with Crippen molar-refractivity contribution in [3.8, 4) is 0 Å². The Morgan fingerprint density at radius 1 is 1.04 bits per heavy atom. The molecule has 2 N–H and O–H groups in total. The minimum absolute atomic E-state index is 0.114. The highest BCUT2D eigenvalue weighted by Gasteiger charge is 2.68.